The fraction of sp³-hybridized carbons (Fsp3) is 0.500. The van der Waals surface area contributed by atoms with Crippen molar-refractivity contribution < 1.29 is 4.79 Å². The lowest BCUT2D eigenvalue weighted by atomic mass is 9.86. The Morgan fingerprint density at radius 2 is 2.05 bits per heavy atom. The molecular weight excluding hydrogens is 274 g/mol. The van der Waals surface area contributed by atoms with Crippen molar-refractivity contribution in [2.24, 2.45) is 5.84 Å². The lowest BCUT2D eigenvalue weighted by Gasteiger charge is -2.47. The summed E-state index contributed by atoms with van der Waals surface area (Å²) in [5.41, 5.74) is 6.85. The molecule has 1 aromatic carbocycles. The van der Waals surface area contributed by atoms with E-state index in [1.54, 1.807) is 0 Å². The SMILES string of the molecule is CCCC(C(=O)NN)N1c2cc(C)ccc2C(C)=CC1(C)C. The second-order valence-corrected chi connectivity index (χ2v) is 6.68. The molecule has 0 saturated heterocycles. The first kappa shape index (κ1) is 16.6. The van der Waals surface area contributed by atoms with Crippen LogP contribution in [0.15, 0.2) is 24.3 Å². The average molecular weight is 301 g/mol. The predicted octanol–water partition coefficient (Wildman–Crippen LogP) is 3.16. The number of nitrogens with zero attached hydrogens (tertiary/aromatic N) is 1. The van der Waals surface area contributed by atoms with Gasteiger partial charge in [-0.25, -0.2) is 5.84 Å². The number of anilines is 1. The molecule has 0 aromatic heterocycles. The van der Waals surface area contributed by atoms with Gasteiger partial charge in [0.25, 0.3) is 5.91 Å². The van der Waals surface area contributed by atoms with Crippen molar-refractivity contribution in [2.45, 2.75) is 59.0 Å². The van der Waals surface area contributed by atoms with Crippen LogP contribution in [0.25, 0.3) is 5.57 Å². The monoisotopic (exact) mass is 301 g/mol. The molecular formula is C18H27N3O. The summed E-state index contributed by atoms with van der Waals surface area (Å²) in [4.78, 5) is 14.6. The summed E-state index contributed by atoms with van der Waals surface area (Å²) in [5, 5.41) is 0. The van der Waals surface area contributed by atoms with E-state index >= 15 is 0 Å². The number of carbonyl (C=O) groups is 1. The minimum Gasteiger partial charge on any atom is -0.350 e. The van der Waals surface area contributed by atoms with Crippen LogP contribution in [-0.4, -0.2) is 17.5 Å². The summed E-state index contributed by atoms with van der Waals surface area (Å²) in [6.07, 6.45) is 3.93. The minimum absolute atomic E-state index is 0.129. The number of allylic oxidation sites excluding steroid dienone is 1. The normalized spacial score (nSPS) is 17.5. The molecule has 22 heavy (non-hydrogen) atoms. The molecule has 0 radical (unpaired) electrons. The van der Waals surface area contributed by atoms with E-state index < -0.39 is 0 Å². The van der Waals surface area contributed by atoms with Gasteiger partial charge in [0.2, 0.25) is 0 Å². The Balaban J connectivity index is 2.61. The lowest BCUT2D eigenvalue weighted by molar-refractivity contribution is -0.122. The lowest BCUT2D eigenvalue weighted by Crippen LogP contribution is -2.57. The molecule has 1 atom stereocenters. The zero-order chi connectivity index (χ0) is 16.5. The first-order valence-corrected chi connectivity index (χ1v) is 7.92. The highest BCUT2D eigenvalue weighted by molar-refractivity contribution is 5.89. The summed E-state index contributed by atoms with van der Waals surface area (Å²) in [7, 11) is 0. The number of hydrazine groups is 1. The van der Waals surface area contributed by atoms with Crippen molar-refractivity contribution in [1.29, 1.82) is 0 Å². The van der Waals surface area contributed by atoms with Gasteiger partial charge in [-0.05, 0) is 51.3 Å². The molecule has 1 aromatic rings. The molecule has 3 N–H and O–H groups in total. The number of fused-ring (bicyclic) bond motifs is 1. The van der Waals surface area contributed by atoms with Gasteiger partial charge in [0.1, 0.15) is 6.04 Å². The van der Waals surface area contributed by atoms with Gasteiger partial charge in [0, 0.05) is 11.3 Å². The van der Waals surface area contributed by atoms with E-state index in [0.29, 0.717) is 0 Å². The number of nitrogens with two attached hydrogens (primary N) is 1. The molecule has 1 amide bonds. The summed E-state index contributed by atoms with van der Waals surface area (Å²) in [6.45, 7) is 10.6. The Labute approximate surface area is 133 Å². The van der Waals surface area contributed by atoms with Crippen LogP contribution >= 0.6 is 0 Å². The second kappa shape index (κ2) is 6.13. The molecule has 0 spiro atoms. The molecule has 4 heteroatoms. The number of benzene rings is 1. The fourth-order valence-electron chi connectivity index (χ4n) is 3.48. The van der Waals surface area contributed by atoms with Crippen LogP contribution in [0.5, 0.6) is 0 Å². The van der Waals surface area contributed by atoms with Gasteiger partial charge in [-0.3, -0.25) is 10.2 Å². The molecule has 0 saturated carbocycles. The van der Waals surface area contributed by atoms with Crippen molar-refractivity contribution in [3.8, 4) is 0 Å². The van der Waals surface area contributed by atoms with E-state index in [2.05, 4.69) is 69.2 Å². The smallest absolute Gasteiger partial charge is 0.256 e. The Morgan fingerprint density at radius 1 is 1.36 bits per heavy atom. The second-order valence-electron chi connectivity index (χ2n) is 6.68. The fourth-order valence-corrected chi connectivity index (χ4v) is 3.48. The summed E-state index contributed by atoms with van der Waals surface area (Å²) in [5.74, 6) is 5.30. The number of nitrogens with one attached hydrogen (secondary N) is 1. The van der Waals surface area contributed by atoms with Gasteiger partial charge in [-0.1, -0.05) is 31.6 Å². The zero-order valence-corrected chi connectivity index (χ0v) is 14.2. The van der Waals surface area contributed by atoms with E-state index in [0.717, 1.165) is 18.5 Å². The Hall–Kier alpha value is -1.81. The van der Waals surface area contributed by atoms with E-state index in [1.807, 2.05) is 0 Å². The summed E-state index contributed by atoms with van der Waals surface area (Å²) < 4.78 is 0. The third-order valence-electron chi connectivity index (χ3n) is 4.35. The number of aryl methyl sites for hydroxylation is 1. The molecule has 120 valence electrons. The Kier molecular flexibility index (Phi) is 4.61. The molecule has 1 heterocycles. The predicted molar refractivity (Wildman–Crippen MR) is 92.4 cm³/mol. The van der Waals surface area contributed by atoms with E-state index in [-0.39, 0.29) is 17.5 Å². The maximum Gasteiger partial charge on any atom is 0.256 e. The highest BCUT2D eigenvalue weighted by Crippen LogP contribution is 2.41. The van der Waals surface area contributed by atoms with E-state index in [9.17, 15) is 4.79 Å². The van der Waals surface area contributed by atoms with E-state index in [1.165, 1.54) is 16.7 Å². The maximum absolute atomic E-state index is 12.4. The number of amides is 1. The summed E-state index contributed by atoms with van der Waals surface area (Å²) in [6, 6.07) is 6.15. The Bertz CT molecular complexity index is 604. The van der Waals surface area contributed by atoms with Crippen molar-refractivity contribution in [3.63, 3.8) is 0 Å². The number of rotatable bonds is 4. The van der Waals surface area contributed by atoms with Crippen LogP contribution in [0.2, 0.25) is 0 Å². The van der Waals surface area contributed by atoms with Crippen LogP contribution in [0, 0.1) is 6.92 Å². The highest BCUT2D eigenvalue weighted by atomic mass is 16.2. The summed E-state index contributed by atoms with van der Waals surface area (Å²) >= 11 is 0. The molecule has 0 bridgehead atoms. The van der Waals surface area contributed by atoms with Gasteiger partial charge in [-0.2, -0.15) is 0 Å². The van der Waals surface area contributed by atoms with Crippen LogP contribution in [0.3, 0.4) is 0 Å². The highest BCUT2D eigenvalue weighted by Gasteiger charge is 2.38. The number of hydrogen-bond acceptors (Lipinski definition) is 3. The molecule has 4 nitrogen and oxygen atoms in total. The third kappa shape index (κ3) is 2.88. The number of carbonyl (C=O) groups excluding carboxylic acids is 1. The van der Waals surface area contributed by atoms with Crippen LogP contribution in [-0.2, 0) is 4.79 Å². The van der Waals surface area contributed by atoms with Gasteiger partial charge in [0.05, 0.1) is 5.54 Å². The first-order chi connectivity index (χ1) is 10.3. The van der Waals surface area contributed by atoms with Crippen LogP contribution in [0.4, 0.5) is 5.69 Å². The molecule has 0 aliphatic carbocycles. The third-order valence-corrected chi connectivity index (χ3v) is 4.35. The van der Waals surface area contributed by atoms with Crippen molar-refractivity contribution in [1.82, 2.24) is 5.43 Å². The first-order valence-electron chi connectivity index (χ1n) is 7.92. The molecule has 1 aliphatic rings. The standard InChI is InChI=1S/C18H27N3O/c1-6-7-15(17(22)20-19)21-16-10-12(2)8-9-14(16)13(3)11-18(21,4)5/h8-11,15H,6-7,19H2,1-5H3,(H,20,22). The maximum atomic E-state index is 12.4. The molecule has 0 fully saturated rings. The van der Waals surface area contributed by atoms with Crippen molar-refractivity contribution in [2.75, 3.05) is 4.90 Å². The van der Waals surface area contributed by atoms with Gasteiger partial charge in [-0.15, -0.1) is 0 Å². The zero-order valence-electron chi connectivity index (χ0n) is 14.2. The van der Waals surface area contributed by atoms with Gasteiger partial charge < -0.3 is 4.90 Å². The van der Waals surface area contributed by atoms with Gasteiger partial charge >= 0.3 is 0 Å². The minimum atomic E-state index is -0.269. The Morgan fingerprint density at radius 3 is 2.64 bits per heavy atom. The quantitative estimate of drug-likeness (QED) is 0.510. The van der Waals surface area contributed by atoms with Gasteiger partial charge in [0.15, 0.2) is 0 Å². The molecule has 1 unspecified atom stereocenters. The van der Waals surface area contributed by atoms with Crippen molar-refractivity contribution in [3.05, 3.63) is 35.4 Å². The topological polar surface area (TPSA) is 58.4 Å². The van der Waals surface area contributed by atoms with E-state index in [4.69, 9.17) is 5.84 Å². The number of hydrogen-bond donors (Lipinski definition) is 2. The average Bonchev–Trinajstić information content (AvgIpc) is 2.44. The largest absolute Gasteiger partial charge is 0.350 e. The molecule has 2 rings (SSSR count). The molecule has 1 aliphatic heterocycles. The van der Waals surface area contributed by atoms with Crippen molar-refractivity contribution >= 4 is 17.2 Å². The van der Waals surface area contributed by atoms with Crippen LogP contribution in [0.1, 0.15) is 51.7 Å². The van der Waals surface area contributed by atoms with Crippen LogP contribution < -0.4 is 16.2 Å².